The number of ether oxygens (including phenoxy) is 1. The predicted octanol–water partition coefficient (Wildman–Crippen LogP) is 4.31. The quantitative estimate of drug-likeness (QED) is 0.110. The van der Waals surface area contributed by atoms with Crippen LogP contribution in [0.4, 0.5) is 0 Å². The van der Waals surface area contributed by atoms with E-state index in [1.165, 1.54) is 17.7 Å². The third kappa shape index (κ3) is 15.3. The molecule has 3 N–H and O–H groups in total. The van der Waals surface area contributed by atoms with E-state index in [1.54, 1.807) is 4.90 Å². The molecule has 0 aromatic heterocycles. The number of nitrogens with zero attached hydrogens (tertiary/aromatic N) is 2. The summed E-state index contributed by atoms with van der Waals surface area (Å²) in [6, 6.07) is 0. The SMILES string of the molecule is CCC(C)CCCCC(CC)C(=O)OC(CC)(CC)CCN(CCO)C(=O)CCCCC(=O)N(CCO)CCO. The Morgan fingerprint density at radius 3 is 1.60 bits per heavy atom. The monoisotopic (exact) mass is 572 g/mol. The number of aliphatic hydroxyl groups excluding tert-OH is 3. The first-order valence-corrected chi connectivity index (χ1v) is 15.8. The largest absolute Gasteiger partial charge is 0.459 e. The molecule has 0 aliphatic heterocycles. The summed E-state index contributed by atoms with van der Waals surface area (Å²) in [5.74, 6) is 0.213. The van der Waals surface area contributed by atoms with Crippen molar-refractivity contribution in [1.82, 2.24) is 9.80 Å². The van der Waals surface area contributed by atoms with Crippen LogP contribution in [0, 0.1) is 11.8 Å². The molecule has 2 atom stereocenters. The molecule has 0 aliphatic rings. The summed E-state index contributed by atoms with van der Waals surface area (Å²) in [4.78, 5) is 41.4. The zero-order chi connectivity index (χ0) is 30.4. The lowest BCUT2D eigenvalue weighted by Gasteiger charge is -2.35. The maximum atomic E-state index is 13.2. The van der Waals surface area contributed by atoms with Crippen LogP contribution in [0.15, 0.2) is 0 Å². The van der Waals surface area contributed by atoms with Crippen molar-refractivity contribution in [2.24, 2.45) is 11.8 Å². The molecule has 0 saturated heterocycles. The van der Waals surface area contributed by atoms with Gasteiger partial charge in [0, 0.05) is 45.4 Å². The Morgan fingerprint density at radius 1 is 0.700 bits per heavy atom. The summed E-state index contributed by atoms with van der Waals surface area (Å²) < 4.78 is 6.17. The van der Waals surface area contributed by atoms with E-state index in [2.05, 4.69) is 13.8 Å². The lowest BCUT2D eigenvalue weighted by molar-refractivity contribution is -0.168. The number of carbonyl (C=O) groups excluding carboxylic acids is 3. The van der Waals surface area contributed by atoms with Crippen molar-refractivity contribution in [3.8, 4) is 0 Å². The minimum atomic E-state index is -0.648. The molecular weight excluding hydrogens is 512 g/mol. The van der Waals surface area contributed by atoms with Crippen LogP contribution in [0.2, 0.25) is 0 Å². The topological polar surface area (TPSA) is 128 Å². The Morgan fingerprint density at radius 2 is 1.18 bits per heavy atom. The van der Waals surface area contributed by atoms with Crippen molar-refractivity contribution >= 4 is 17.8 Å². The van der Waals surface area contributed by atoms with E-state index >= 15 is 0 Å². The molecule has 0 radical (unpaired) electrons. The van der Waals surface area contributed by atoms with Crippen molar-refractivity contribution in [2.45, 2.75) is 124 Å². The number of amides is 2. The molecule has 236 valence electrons. The van der Waals surface area contributed by atoms with Gasteiger partial charge in [0.15, 0.2) is 0 Å². The van der Waals surface area contributed by atoms with Crippen molar-refractivity contribution in [3.63, 3.8) is 0 Å². The molecule has 40 heavy (non-hydrogen) atoms. The third-order valence-corrected chi connectivity index (χ3v) is 8.31. The van der Waals surface area contributed by atoms with Gasteiger partial charge in [0.2, 0.25) is 11.8 Å². The molecule has 0 bridgehead atoms. The summed E-state index contributed by atoms with van der Waals surface area (Å²) in [5, 5.41) is 27.8. The van der Waals surface area contributed by atoms with Crippen LogP contribution in [-0.2, 0) is 19.1 Å². The van der Waals surface area contributed by atoms with Gasteiger partial charge in [-0.15, -0.1) is 0 Å². The first-order valence-electron chi connectivity index (χ1n) is 15.8. The van der Waals surface area contributed by atoms with E-state index in [4.69, 9.17) is 14.9 Å². The molecule has 0 saturated carbocycles. The van der Waals surface area contributed by atoms with Gasteiger partial charge in [-0.3, -0.25) is 14.4 Å². The third-order valence-electron chi connectivity index (χ3n) is 8.31. The number of unbranched alkanes of at least 4 members (excludes halogenated alkanes) is 2. The van der Waals surface area contributed by atoms with E-state index in [1.807, 2.05) is 20.8 Å². The molecule has 2 amide bonds. The van der Waals surface area contributed by atoms with Crippen molar-refractivity contribution < 1.29 is 34.4 Å². The maximum absolute atomic E-state index is 13.2. The zero-order valence-electron chi connectivity index (χ0n) is 26.2. The minimum absolute atomic E-state index is 0.0933. The first kappa shape index (κ1) is 38.3. The summed E-state index contributed by atoms with van der Waals surface area (Å²) >= 11 is 0. The molecule has 2 unspecified atom stereocenters. The van der Waals surface area contributed by atoms with E-state index in [0.717, 1.165) is 25.7 Å². The molecule has 0 fully saturated rings. The fourth-order valence-electron chi connectivity index (χ4n) is 4.96. The van der Waals surface area contributed by atoms with Crippen LogP contribution in [0.5, 0.6) is 0 Å². The Hall–Kier alpha value is -1.71. The van der Waals surface area contributed by atoms with Gasteiger partial charge in [-0.25, -0.2) is 0 Å². The van der Waals surface area contributed by atoms with Crippen molar-refractivity contribution in [1.29, 1.82) is 0 Å². The average molecular weight is 573 g/mol. The molecule has 0 aromatic rings. The van der Waals surface area contributed by atoms with Gasteiger partial charge >= 0.3 is 5.97 Å². The summed E-state index contributed by atoms with van der Waals surface area (Å²) in [6.07, 6.45) is 9.47. The zero-order valence-corrected chi connectivity index (χ0v) is 26.2. The number of hydrogen-bond donors (Lipinski definition) is 3. The van der Waals surface area contributed by atoms with Crippen LogP contribution in [-0.4, -0.2) is 94.5 Å². The van der Waals surface area contributed by atoms with Crippen LogP contribution in [0.1, 0.15) is 118 Å². The Kier molecular flexibility index (Phi) is 21.9. The molecule has 9 heteroatoms. The molecule has 0 aliphatic carbocycles. The van der Waals surface area contributed by atoms with Crippen LogP contribution < -0.4 is 0 Å². The summed E-state index contributed by atoms with van der Waals surface area (Å²) in [5.41, 5.74) is -0.648. The maximum Gasteiger partial charge on any atom is 0.309 e. The number of hydrogen-bond acceptors (Lipinski definition) is 7. The lowest BCUT2D eigenvalue weighted by atomic mass is 9.91. The first-order chi connectivity index (χ1) is 19.2. The second-order valence-electron chi connectivity index (χ2n) is 11.1. The van der Waals surface area contributed by atoms with Crippen LogP contribution in [0.3, 0.4) is 0 Å². The fraction of sp³-hybridized carbons (Fsp3) is 0.903. The van der Waals surface area contributed by atoms with Gasteiger partial charge in [0.1, 0.15) is 5.60 Å². The molecule has 0 heterocycles. The van der Waals surface area contributed by atoms with E-state index in [0.29, 0.717) is 44.6 Å². The highest BCUT2D eigenvalue weighted by atomic mass is 16.6. The van der Waals surface area contributed by atoms with Gasteiger partial charge < -0.3 is 29.9 Å². The molecule has 0 aromatic carbocycles. The summed E-state index contributed by atoms with van der Waals surface area (Å²) in [7, 11) is 0. The molecular formula is C31H60N2O7. The normalized spacial score (nSPS) is 13.1. The van der Waals surface area contributed by atoms with Crippen LogP contribution >= 0.6 is 0 Å². The van der Waals surface area contributed by atoms with Crippen molar-refractivity contribution in [2.75, 3.05) is 46.0 Å². The number of esters is 1. The van der Waals surface area contributed by atoms with Crippen molar-refractivity contribution in [3.05, 3.63) is 0 Å². The number of rotatable bonds is 25. The average Bonchev–Trinajstić information content (AvgIpc) is 2.96. The van der Waals surface area contributed by atoms with Gasteiger partial charge in [-0.2, -0.15) is 0 Å². The van der Waals surface area contributed by atoms with E-state index in [9.17, 15) is 19.5 Å². The highest BCUT2D eigenvalue weighted by Crippen LogP contribution is 2.29. The van der Waals surface area contributed by atoms with Gasteiger partial charge in [-0.05, 0) is 44.4 Å². The van der Waals surface area contributed by atoms with Crippen LogP contribution in [0.25, 0.3) is 0 Å². The Labute approximate surface area is 243 Å². The standard InChI is InChI=1S/C31H60N2O7/c1-6-26(5)14-10-11-15-27(7-2)30(39)40-31(8-3,9-4)18-19-32(20-23-34)28(37)16-12-13-17-29(38)33(21-24-35)22-25-36/h26-27,34-36H,6-25H2,1-5H3. The number of carbonyl (C=O) groups is 3. The second kappa shape index (κ2) is 22.9. The smallest absolute Gasteiger partial charge is 0.309 e. The molecule has 0 spiro atoms. The highest BCUT2D eigenvalue weighted by Gasteiger charge is 2.34. The number of aliphatic hydroxyl groups is 3. The molecule has 0 rings (SSSR count). The fourth-order valence-corrected chi connectivity index (χ4v) is 4.96. The lowest BCUT2D eigenvalue weighted by Crippen LogP contribution is -2.42. The highest BCUT2D eigenvalue weighted by molar-refractivity contribution is 5.77. The van der Waals surface area contributed by atoms with Gasteiger partial charge in [-0.1, -0.05) is 60.3 Å². The summed E-state index contributed by atoms with van der Waals surface area (Å²) in [6.45, 7) is 11.0. The Bertz CT molecular complexity index is 679. The second-order valence-corrected chi connectivity index (χ2v) is 11.1. The van der Waals surface area contributed by atoms with Gasteiger partial charge in [0.05, 0.1) is 25.7 Å². The van der Waals surface area contributed by atoms with E-state index in [-0.39, 0.29) is 76.0 Å². The minimum Gasteiger partial charge on any atom is -0.459 e. The molecule has 9 nitrogen and oxygen atoms in total. The predicted molar refractivity (Wildman–Crippen MR) is 159 cm³/mol. The van der Waals surface area contributed by atoms with E-state index < -0.39 is 5.60 Å². The Balaban J connectivity index is 4.93. The van der Waals surface area contributed by atoms with Gasteiger partial charge in [0.25, 0.3) is 0 Å².